The third-order valence-electron chi connectivity index (χ3n) is 2.24. The van der Waals surface area contributed by atoms with E-state index in [2.05, 4.69) is 4.74 Å². The molecular formula is C13H14F2O3S. The Bertz CT molecular complexity index is 457. The lowest BCUT2D eigenvalue weighted by molar-refractivity contribution is -0.164. The Morgan fingerprint density at radius 1 is 1.21 bits per heavy atom. The second-order valence-electron chi connectivity index (χ2n) is 3.58. The van der Waals surface area contributed by atoms with Crippen LogP contribution in [0.3, 0.4) is 0 Å². The molecule has 0 amide bonds. The minimum atomic E-state index is -4.14. The summed E-state index contributed by atoms with van der Waals surface area (Å²) in [5, 5.41) is 0. The molecule has 1 aromatic carbocycles. The van der Waals surface area contributed by atoms with Gasteiger partial charge in [0.25, 0.3) is 0 Å². The predicted octanol–water partition coefficient (Wildman–Crippen LogP) is 3.18. The SMILES string of the molecule is CCOC(=O)C(F)(F)C(=O)c1ccc(SCC)cc1. The molecule has 0 spiro atoms. The molecule has 1 rings (SSSR count). The summed E-state index contributed by atoms with van der Waals surface area (Å²) in [6.07, 6.45) is 0. The fourth-order valence-corrected chi connectivity index (χ4v) is 2.03. The maximum Gasteiger partial charge on any atom is 0.404 e. The van der Waals surface area contributed by atoms with E-state index in [1.807, 2.05) is 6.92 Å². The van der Waals surface area contributed by atoms with Crippen molar-refractivity contribution >= 4 is 23.5 Å². The van der Waals surface area contributed by atoms with Gasteiger partial charge in [-0.05, 0) is 24.8 Å². The molecule has 104 valence electrons. The quantitative estimate of drug-likeness (QED) is 0.349. The zero-order chi connectivity index (χ0) is 14.5. The van der Waals surface area contributed by atoms with E-state index >= 15 is 0 Å². The molecule has 0 fully saturated rings. The fraction of sp³-hybridized carbons (Fsp3) is 0.385. The topological polar surface area (TPSA) is 43.4 Å². The highest BCUT2D eigenvalue weighted by Crippen LogP contribution is 2.24. The standard InChI is InChI=1S/C13H14F2O3S/c1-3-18-12(17)13(14,15)11(16)9-5-7-10(8-6-9)19-4-2/h5-8H,3-4H2,1-2H3. The van der Waals surface area contributed by atoms with Crippen LogP contribution in [-0.4, -0.2) is 30.0 Å². The zero-order valence-electron chi connectivity index (χ0n) is 10.6. The lowest BCUT2D eigenvalue weighted by atomic mass is 10.1. The third-order valence-corrected chi connectivity index (χ3v) is 3.14. The number of alkyl halides is 2. The predicted molar refractivity (Wildman–Crippen MR) is 68.8 cm³/mol. The van der Waals surface area contributed by atoms with Gasteiger partial charge in [-0.2, -0.15) is 8.78 Å². The summed E-state index contributed by atoms with van der Waals surface area (Å²) in [5.74, 6) is -6.66. The molecular weight excluding hydrogens is 274 g/mol. The normalized spacial score (nSPS) is 11.2. The number of esters is 1. The van der Waals surface area contributed by atoms with Gasteiger partial charge in [-0.3, -0.25) is 4.79 Å². The summed E-state index contributed by atoms with van der Waals surface area (Å²) >= 11 is 1.53. The van der Waals surface area contributed by atoms with Crippen LogP contribution in [-0.2, 0) is 9.53 Å². The number of hydrogen-bond acceptors (Lipinski definition) is 4. The van der Waals surface area contributed by atoms with Gasteiger partial charge >= 0.3 is 11.9 Å². The van der Waals surface area contributed by atoms with E-state index in [0.29, 0.717) is 0 Å². The molecule has 6 heteroatoms. The van der Waals surface area contributed by atoms with Crippen molar-refractivity contribution in [1.29, 1.82) is 0 Å². The van der Waals surface area contributed by atoms with Crippen LogP contribution in [0.2, 0.25) is 0 Å². The Hall–Kier alpha value is -1.43. The van der Waals surface area contributed by atoms with Crippen molar-refractivity contribution in [3.05, 3.63) is 29.8 Å². The molecule has 1 aromatic rings. The Labute approximate surface area is 114 Å². The van der Waals surface area contributed by atoms with Crippen LogP contribution in [0.5, 0.6) is 0 Å². The zero-order valence-corrected chi connectivity index (χ0v) is 11.4. The Kier molecular flexibility index (Phi) is 5.47. The molecule has 0 saturated carbocycles. The molecule has 0 bridgehead atoms. The van der Waals surface area contributed by atoms with Crippen molar-refractivity contribution in [2.24, 2.45) is 0 Å². The van der Waals surface area contributed by atoms with E-state index in [9.17, 15) is 18.4 Å². The van der Waals surface area contributed by atoms with Crippen molar-refractivity contribution in [1.82, 2.24) is 0 Å². The largest absolute Gasteiger partial charge is 0.461 e. The number of benzene rings is 1. The molecule has 0 aliphatic heterocycles. The molecule has 0 saturated heterocycles. The van der Waals surface area contributed by atoms with Crippen molar-refractivity contribution in [2.75, 3.05) is 12.4 Å². The highest BCUT2D eigenvalue weighted by atomic mass is 32.2. The van der Waals surface area contributed by atoms with Crippen LogP contribution >= 0.6 is 11.8 Å². The van der Waals surface area contributed by atoms with E-state index in [1.54, 1.807) is 12.1 Å². The average Bonchev–Trinajstić information content (AvgIpc) is 2.39. The summed E-state index contributed by atoms with van der Waals surface area (Å²) in [6.45, 7) is 3.15. The van der Waals surface area contributed by atoms with E-state index < -0.39 is 17.7 Å². The van der Waals surface area contributed by atoms with Gasteiger partial charge < -0.3 is 4.74 Å². The number of thioether (sulfide) groups is 1. The Balaban J connectivity index is 2.90. The number of carbonyl (C=O) groups is 2. The minimum Gasteiger partial charge on any atom is -0.461 e. The number of ketones is 1. The number of Topliss-reactive ketones (excluding diaryl/α,β-unsaturated/α-hetero) is 1. The first kappa shape index (κ1) is 15.6. The van der Waals surface area contributed by atoms with E-state index in [1.165, 1.54) is 30.8 Å². The van der Waals surface area contributed by atoms with Crippen LogP contribution in [0.15, 0.2) is 29.2 Å². The maximum atomic E-state index is 13.5. The van der Waals surface area contributed by atoms with Crippen molar-refractivity contribution < 1.29 is 23.1 Å². The summed E-state index contributed by atoms with van der Waals surface area (Å²) in [7, 11) is 0. The van der Waals surface area contributed by atoms with Crippen molar-refractivity contribution in [2.45, 2.75) is 24.7 Å². The van der Waals surface area contributed by atoms with E-state index in [4.69, 9.17) is 0 Å². The van der Waals surface area contributed by atoms with Crippen molar-refractivity contribution in [3.8, 4) is 0 Å². The molecule has 0 radical (unpaired) electrons. The van der Waals surface area contributed by atoms with Crippen LogP contribution < -0.4 is 0 Å². The second kappa shape index (κ2) is 6.65. The summed E-state index contributed by atoms with van der Waals surface area (Å²) < 4.78 is 31.2. The van der Waals surface area contributed by atoms with Crippen LogP contribution in [0.4, 0.5) is 8.78 Å². The van der Waals surface area contributed by atoms with E-state index in [0.717, 1.165) is 10.6 Å². The van der Waals surface area contributed by atoms with Gasteiger partial charge in [0.2, 0.25) is 5.78 Å². The van der Waals surface area contributed by atoms with Gasteiger partial charge in [-0.25, -0.2) is 4.79 Å². The first-order chi connectivity index (χ1) is 8.93. The smallest absolute Gasteiger partial charge is 0.404 e. The number of hydrogen-bond donors (Lipinski definition) is 0. The Morgan fingerprint density at radius 2 is 1.79 bits per heavy atom. The first-order valence-electron chi connectivity index (χ1n) is 5.76. The average molecular weight is 288 g/mol. The van der Waals surface area contributed by atoms with Gasteiger partial charge in [0, 0.05) is 10.5 Å². The number of rotatable bonds is 6. The molecule has 19 heavy (non-hydrogen) atoms. The minimum absolute atomic E-state index is 0.201. The molecule has 3 nitrogen and oxygen atoms in total. The lowest BCUT2D eigenvalue weighted by Gasteiger charge is -2.13. The fourth-order valence-electron chi connectivity index (χ4n) is 1.36. The van der Waals surface area contributed by atoms with Gasteiger partial charge in [-0.15, -0.1) is 11.8 Å². The van der Waals surface area contributed by atoms with Gasteiger partial charge in [0.05, 0.1) is 6.61 Å². The highest BCUT2D eigenvalue weighted by Gasteiger charge is 2.49. The van der Waals surface area contributed by atoms with Crippen LogP contribution in [0.25, 0.3) is 0 Å². The number of carbonyl (C=O) groups excluding carboxylic acids is 2. The van der Waals surface area contributed by atoms with Gasteiger partial charge in [-0.1, -0.05) is 19.1 Å². The Morgan fingerprint density at radius 3 is 2.26 bits per heavy atom. The summed E-state index contributed by atoms with van der Waals surface area (Å²) in [6, 6.07) is 5.71. The lowest BCUT2D eigenvalue weighted by Crippen LogP contribution is -2.39. The molecule has 0 atom stereocenters. The monoisotopic (exact) mass is 288 g/mol. The number of halogens is 2. The summed E-state index contributed by atoms with van der Waals surface area (Å²) in [5.41, 5.74) is -0.210. The summed E-state index contributed by atoms with van der Waals surface area (Å²) in [4.78, 5) is 23.5. The maximum absolute atomic E-state index is 13.5. The van der Waals surface area contributed by atoms with Gasteiger partial charge in [0.1, 0.15) is 0 Å². The molecule has 0 heterocycles. The molecule has 0 aromatic heterocycles. The van der Waals surface area contributed by atoms with E-state index in [-0.39, 0.29) is 12.2 Å². The number of ether oxygens (including phenoxy) is 1. The first-order valence-corrected chi connectivity index (χ1v) is 6.74. The molecule has 0 unspecified atom stereocenters. The third kappa shape index (κ3) is 3.76. The molecule has 0 N–H and O–H groups in total. The second-order valence-corrected chi connectivity index (χ2v) is 4.92. The van der Waals surface area contributed by atoms with Crippen molar-refractivity contribution in [3.63, 3.8) is 0 Å². The van der Waals surface area contributed by atoms with Gasteiger partial charge in [0.15, 0.2) is 0 Å². The van der Waals surface area contributed by atoms with Crippen LogP contribution in [0.1, 0.15) is 24.2 Å². The molecule has 0 aliphatic carbocycles. The highest BCUT2D eigenvalue weighted by molar-refractivity contribution is 7.99. The van der Waals surface area contributed by atoms with Crippen LogP contribution in [0, 0.1) is 0 Å². The molecule has 0 aliphatic rings.